The molecular formula is C9H12BrO3P. The molecule has 0 heterocycles. The van der Waals surface area contributed by atoms with Crippen molar-refractivity contribution in [3.8, 4) is 0 Å². The minimum absolute atomic E-state index is 0.0667. The van der Waals surface area contributed by atoms with Crippen LogP contribution in [0.25, 0.3) is 0 Å². The molecule has 5 heteroatoms. The van der Waals surface area contributed by atoms with Crippen molar-refractivity contribution in [1.82, 2.24) is 0 Å². The minimum Gasteiger partial charge on any atom is -0.321 e. The van der Waals surface area contributed by atoms with Crippen molar-refractivity contribution in [2.24, 2.45) is 0 Å². The molecule has 78 valence electrons. The van der Waals surface area contributed by atoms with E-state index in [0.29, 0.717) is 0 Å². The summed E-state index contributed by atoms with van der Waals surface area (Å²) in [5, 5.41) is 0.0667. The Labute approximate surface area is 91.4 Å². The van der Waals surface area contributed by atoms with Gasteiger partial charge in [0, 0.05) is 4.83 Å². The molecule has 0 saturated heterocycles. The fourth-order valence-electron chi connectivity index (χ4n) is 1.11. The summed E-state index contributed by atoms with van der Waals surface area (Å²) < 4.78 is 10.9. The van der Waals surface area contributed by atoms with Crippen LogP contribution in [0.15, 0.2) is 24.3 Å². The topological polar surface area (TPSA) is 57.5 Å². The number of hydrogen-bond acceptors (Lipinski definition) is 1. The molecule has 14 heavy (non-hydrogen) atoms. The van der Waals surface area contributed by atoms with Crippen molar-refractivity contribution in [1.29, 1.82) is 0 Å². The van der Waals surface area contributed by atoms with Gasteiger partial charge in [-0.15, -0.1) is 0 Å². The van der Waals surface area contributed by atoms with Crippen molar-refractivity contribution >= 4 is 28.8 Å². The highest BCUT2D eigenvalue weighted by Crippen LogP contribution is 2.34. The van der Waals surface area contributed by atoms with Gasteiger partial charge >= 0.3 is 7.60 Å². The molecule has 0 aliphatic heterocycles. The molecule has 1 rings (SSSR count). The summed E-state index contributed by atoms with van der Waals surface area (Å²) in [5.41, 5.74) is 1.03. The van der Waals surface area contributed by atoms with Crippen LogP contribution in [-0.4, -0.2) is 9.79 Å². The molecule has 0 radical (unpaired) electrons. The summed E-state index contributed by atoms with van der Waals surface area (Å²) in [6.45, 7) is 2.04. The van der Waals surface area contributed by atoms with Crippen molar-refractivity contribution in [3.63, 3.8) is 0 Å². The summed E-state index contributed by atoms with van der Waals surface area (Å²) >= 11 is 3.47. The lowest BCUT2D eigenvalue weighted by molar-refractivity contribution is 0.387. The van der Waals surface area contributed by atoms with E-state index in [-0.39, 0.29) is 10.1 Å². The van der Waals surface area contributed by atoms with Gasteiger partial charge in [-0.05, 0) is 24.1 Å². The van der Waals surface area contributed by atoms with Crippen molar-refractivity contribution in [3.05, 3.63) is 29.8 Å². The Morgan fingerprint density at radius 2 is 1.86 bits per heavy atom. The second kappa shape index (κ2) is 4.58. The molecule has 0 amide bonds. The highest BCUT2D eigenvalue weighted by Gasteiger charge is 2.16. The molecule has 0 aliphatic rings. The van der Waals surface area contributed by atoms with Crippen molar-refractivity contribution < 1.29 is 14.4 Å². The third kappa shape index (κ3) is 2.92. The second-order valence-electron chi connectivity index (χ2n) is 3.01. The van der Waals surface area contributed by atoms with E-state index in [0.717, 1.165) is 12.0 Å². The fourth-order valence-corrected chi connectivity index (χ4v) is 1.96. The Kier molecular flexibility index (Phi) is 3.90. The highest BCUT2D eigenvalue weighted by molar-refractivity contribution is 9.09. The van der Waals surface area contributed by atoms with Crippen LogP contribution in [0, 0.1) is 0 Å². The van der Waals surface area contributed by atoms with E-state index in [4.69, 9.17) is 9.79 Å². The van der Waals surface area contributed by atoms with Crippen LogP contribution in [-0.2, 0) is 4.57 Å². The smallest absolute Gasteiger partial charge is 0.321 e. The van der Waals surface area contributed by atoms with E-state index in [2.05, 4.69) is 15.9 Å². The quantitative estimate of drug-likeness (QED) is 0.659. The van der Waals surface area contributed by atoms with Gasteiger partial charge in [0.25, 0.3) is 0 Å². The van der Waals surface area contributed by atoms with Crippen LogP contribution in [0.3, 0.4) is 0 Å². The predicted octanol–water partition coefficient (Wildman–Crippen LogP) is 2.34. The van der Waals surface area contributed by atoms with Gasteiger partial charge in [-0.3, -0.25) is 4.57 Å². The summed E-state index contributed by atoms with van der Waals surface area (Å²) in [7, 11) is -4.09. The van der Waals surface area contributed by atoms with Crippen LogP contribution >= 0.6 is 23.5 Å². The first-order chi connectivity index (χ1) is 6.45. The molecule has 0 aliphatic carbocycles. The zero-order valence-corrected chi connectivity index (χ0v) is 10.2. The van der Waals surface area contributed by atoms with Crippen LogP contribution in [0.5, 0.6) is 0 Å². The van der Waals surface area contributed by atoms with Gasteiger partial charge in [-0.1, -0.05) is 35.0 Å². The van der Waals surface area contributed by atoms with Crippen LogP contribution < -0.4 is 5.30 Å². The predicted molar refractivity (Wildman–Crippen MR) is 60.1 cm³/mol. The Morgan fingerprint density at radius 3 is 2.21 bits per heavy atom. The zero-order valence-electron chi connectivity index (χ0n) is 7.72. The molecule has 1 unspecified atom stereocenters. The molecule has 0 fully saturated rings. The Hall–Kier alpha value is -0.150. The molecule has 1 aromatic carbocycles. The third-order valence-corrected chi connectivity index (χ3v) is 4.10. The molecule has 0 spiro atoms. The Morgan fingerprint density at radius 1 is 1.36 bits per heavy atom. The average Bonchev–Trinajstić information content (AvgIpc) is 2.15. The minimum atomic E-state index is -4.09. The van der Waals surface area contributed by atoms with Crippen LogP contribution in [0.1, 0.15) is 23.7 Å². The van der Waals surface area contributed by atoms with E-state index in [9.17, 15) is 4.57 Å². The first-order valence-corrected chi connectivity index (χ1v) is 6.78. The third-order valence-electron chi connectivity index (χ3n) is 1.95. The largest absolute Gasteiger partial charge is 0.356 e. The monoisotopic (exact) mass is 278 g/mol. The molecule has 3 nitrogen and oxygen atoms in total. The maximum atomic E-state index is 10.9. The lowest BCUT2D eigenvalue weighted by atomic mass is 10.1. The second-order valence-corrected chi connectivity index (χ2v) is 5.72. The molecule has 2 N–H and O–H groups in total. The normalized spacial score (nSPS) is 14.0. The average molecular weight is 279 g/mol. The van der Waals surface area contributed by atoms with Gasteiger partial charge in [0.1, 0.15) is 0 Å². The van der Waals surface area contributed by atoms with Crippen LogP contribution in [0.4, 0.5) is 0 Å². The highest BCUT2D eigenvalue weighted by atomic mass is 79.9. The van der Waals surface area contributed by atoms with E-state index < -0.39 is 7.60 Å². The van der Waals surface area contributed by atoms with E-state index in [1.807, 2.05) is 6.92 Å². The summed E-state index contributed by atoms with van der Waals surface area (Å²) in [5.74, 6) is 0. The lowest BCUT2D eigenvalue weighted by Gasteiger charge is -2.08. The summed E-state index contributed by atoms with van der Waals surface area (Å²) in [6.07, 6.45) is 0.940. The number of hydrogen-bond donors (Lipinski definition) is 2. The Bertz CT molecular complexity index is 344. The lowest BCUT2D eigenvalue weighted by Crippen LogP contribution is -2.03. The van der Waals surface area contributed by atoms with Gasteiger partial charge in [-0.2, -0.15) is 0 Å². The van der Waals surface area contributed by atoms with Crippen LogP contribution in [0.2, 0.25) is 0 Å². The fraction of sp³-hybridized carbons (Fsp3) is 0.333. The molecule has 1 atom stereocenters. The number of halogens is 1. The molecule has 0 bridgehead atoms. The zero-order chi connectivity index (χ0) is 10.8. The van der Waals surface area contributed by atoms with E-state index >= 15 is 0 Å². The SMILES string of the molecule is CCC(Br)c1ccc(P(=O)(O)O)cc1. The summed E-state index contributed by atoms with van der Waals surface area (Å²) in [4.78, 5) is 18.0. The maximum absolute atomic E-state index is 10.9. The van der Waals surface area contributed by atoms with E-state index in [1.165, 1.54) is 12.1 Å². The van der Waals surface area contributed by atoms with Gasteiger partial charge in [0.15, 0.2) is 0 Å². The first-order valence-electron chi connectivity index (χ1n) is 4.25. The van der Waals surface area contributed by atoms with Gasteiger partial charge in [0.2, 0.25) is 0 Å². The standard InChI is InChI=1S/C9H12BrO3P/c1-2-9(10)7-3-5-8(6-4-7)14(11,12)13/h3-6,9H,2H2,1H3,(H2,11,12,13). The van der Waals surface area contributed by atoms with Gasteiger partial charge in [-0.25, -0.2) is 0 Å². The van der Waals surface area contributed by atoms with E-state index in [1.54, 1.807) is 12.1 Å². The van der Waals surface area contributed by atoms with Crippen molar-refractivity contribution in [2.45, 2.75) is 18.2 Å². The Balaban J connectivity index is 2.95. The number of alkyl halides is 1. The number of benzene rings is 1. The summed E-state index contributed by atoms with van der Waals surface area (Å²) in [6, 6.07) is 6.41. The number of rotatable bonds is 3. The molecular weight excluding hydrogens is 267 g/mol. The van der Waals surface area contributed by atoms with Gasteiger partial charge in [0.05, 0.1) is 5.30 Å². The first kappa shape index (κ1) is 11.9. The van der Waals surface area contributed by atoms with Gasteiger partial charge < -0.3 is 9.79 Å². The molecule has 0 saturated carbocycles. The molecule has 0 aromatic heterocycles. The van der Waals surface area contributed by atoms with Crippen molar-refractivity contribution in [2.75, 3.05) is 0 Å². The maximum Gasteiger partial charge on any atom is 0.356 e. The molecule has 1 aromatic rings.